The number of Topliss-reactive ketones (excluding diaryl/α,β-unsaturated/α-hetero) is 1. The van der Waals surface area contributed by atoms with E-state index in [0.29, 0.717) is 10.6 Å². The van der Waals surface area contributed by atoms with Gasteiger partial charge in [-0.3, -0.25) is 9.59 Å². The quantitative estimate of drug-likeness (QED) is 0.538. The third kappa shape index (κ3) is 4.22. The van der Waals surface area contributed by atoms with E-state index < -0.39 is 17.0 Å². The highest BCUT2D eigenvalue weighted by atomic mass is 35.5. The van der Waals surface area contributed by atoms with Crippen molar-refractivity contribution in [1.82, 2.24) is 9.55 Å². The molecule has 30 heavy (non-hydrogen) atoms. The summed E-state index contributed by atoms with van der Waals surface area (Å²) in [5.74, 6) is -1.47. The molecule has 2 aromatic heterocycles. The summed E-state index contributed by atoms with van der Waals surface area (Å²) in [6.45, 7) is 3.42. The monoisotopic (exact) mass is 446 g/mol. The lowest BCUT2D eigenvalue weighted by Gasteiger charge is -2.19. The average molecular weight is 447 g/mol. The fraction of sp³-hybridized carbons (Fsp3) is 0.143. The maximum atomic E-state index is 12.7. The Hall–Kier alpha value is -3.16. The molecule has 0 atom stereocenters. The van der Waals surface area contributed by atoms with Gasteiger partial charge in [0.15, 0.2) is 5.78 Å². The fourth-order valence-corrected chi connectivity index (χ4v) is 3.25. The number of hydrogen-bond donors (Lipinski definition) is 1. The van der Waals surface area contributed by atoms with Crippen molar-refractivity contribution in [1.29, 1.82) is 0 Å². The molecule has 0 spiro atoms. The van der Waals surface area contributed by atoms with Crippen molar-refractivity contribution < 1.29 is 19.4 Å². The molecule has 3 aromatic rings. The van der Waals surface area contributed by atoms with Crippen molar-refractivity contribution in [3.8, 4) is 23.0 Å². The second-order valence-electron chi connectivity index (χ2n) is 6.27. The Kier molecular flexibility index (Phi) is 6.24. The molecule has 154 valence electrons. The first-order chi connectivity index (χ1) is 14.2. The third-order valence-electron chi connectivity index (χ3n) is 4.29. The van der Waals surface area contributed by atoms with Crippen LogP contribution in [0.1, 0.15) is 34.7 Å². The van der Waals surface area contributed by atoms with Gasteiger partial charge in [-0.05, 0) is 25.1 Å². The number of nitrogens with zero attached hydrogens (tertiary/aromatic N) is 2. The van der Waals surface area contributed by atoms with E-state index in [9.17, 15) is 19.5 Å². The maximum absolute atomic E-state index is 12.7. The van der Waals surface area contributed by atoms with E-state index in [-0.39, 0.29) is 40.5 Å². The van der Waals surface area contributed by atoms with Crippen LogP contribution in [-0.4, -0.2) is 26.4 Å². The molecular formula is C21H16Cl2N2O5. The molecule has 0 radical (unpaired) electrons. The molecule has 0 saturated heterocycles. The predicted molar refractivity (Wildman–Crippen MR) is 113 cm³/mol. The van der Waals surface area contributed by atoms with Crippen LogP contribution >= 0.6 is 23.2 Å². The molecule has 0 aliphatic heterocycles. The summed E-state index contributed by atoms with van der Waals surface area (Å²) in [4.78, 5) is 40.2. The molecule has 1 N–H and O–H groups in total. The van der Waals surface area contributed by atoms with Crippen LogP contribution in [0.4, 0.5) is 0 Å². The van der Waals surface area contributed by atoms with Gasteiger partial charge in [0.2, 0.25) is 17.2 Å². The molecular weight excluding hydrogens is 431 g/mol. The van der Waals surface area contributed by atoms with E-state index >= 15 is 0 Å². The van der Waals surface area contributed by atoms with E-state index in [1.54, 1.807) is 19.1 Å². The molecule has 0 amide bonds. The van der Waals surface area contributed by atoms with Gasteiger partial charge < -0.3 is 14.4 Å². The zero-order valence-electron chi connectivity index (χ0n) is 16.0. The molecule has 0 aliphatic carbocycles. The lowest BCUT2D eigenvalue weighted by atomic mass is 10.0. The van der Waals surface area contributed by atoms with Crippen LogP contribution in [0.15, 0.2) is 47.3 Å². The summed E-state index contributed by atoms with van der Waals surface area (Å²) in [6.07, 6.45) is 0. The zero-order chi connectivity index (χ0) is 22.0. The van der Waals surface area contributed by atoms with Gasteiger partial charge in [-0.2, -0.15) is 0 Å². The van der Waals surface area contributed by atoms with Gasteiger partial charge in [0.25, 0.3) is 0 Å². The van der Waals surface area contributed by atoms with Gasteiger partial charge in [-0.25, -0.2) is 9.78 Å². The summed E-state index contributed by atoms with van der Waals surface area (Å²) in [5.41, 5.74) is -0.464. The van der Waals surface area contributed by atoms with Crippen molar-refractivity contribution >= 4 is 35.0 Å². The van der Waals surface area contributed by atoms with Crippen molar-refractivity contribution in [2.75, 3.05) is 0 Å². The molecule has 0 aliphatic rings. The first-order valence-corrected chi connectivity index (χ1v) is 9.61. The third-order valence-corrected chi connectivity index (χ3v) is 5.03. The first-order valence-electron chi connectivity index (χ1n) is 8.85. The number of aromatic carboxylic acids is 1. The van der Waals surface area contributed by atoms with Crippen LogP contribution in [-0.2, 0) is 6.54 Å². The highest BCUT2D eigenvalue weighted by Crippen LogP contribution is 2.32. The minimum absolute atomic E-state index is 0.0711. The molecule has 0 bridgehead atoms. The minimum Gasteiger partial charge on any atom is -0.477 e. The van der Waals surface area contributed by atoms with E-state index in [2.05, 4.69) is 4.98 Å². The average Bonchev–Trinajstić information content (AvgIpc) is 2.69. The van der Waals surface area contributed by atoms with Gasteiger partial charge in [0.1, 0.15) is 11.3 Å². The predicted octanol–water partition coefficient (Wildman–Crippen LogP) is 4.93. The van der Waals surface area contributed by atoms with Crippen molar-refractivity contribution in [3.05, 3.63) is 74.0 Å². The van der Waals surface area contributed by atoms with Gasteiger partial charge in [0.05, 0.1) is 15.7 Å². The molecule has 0 saturated carbocycles. The van der Waals surface area contributed by atoms with Crippen molar-refractivity contribution in [3.63, 3.8) is 0 Å². The topological polar surface area (TPSA) is 98.5 Å². The number of carboxylic acid groups (broad SMARTS) is 1. The number of rotatable bonds is 6. The standard InChI is InChI=1S/C21H16Cl2N2O5/c1-3-25-18(30-17-6-4-5-15(24-17)11(2)26)10-16(27)19(21(28)29)20(25)12-7-8-13(22)14(23)9-12/h4-10H,3H2,1-2H3,(H,28,29). The Bertz CT molecular complexity index is 1220. The smallest absolute Gasteiger partial charge is 0.341 e. The number of aromatic nitrogens is 2. The van der Waals surface area contributed by atoms with Gasteiger partial charge in [-0.1, -0.05) is 35.3 Å². The number of hydrogen-bond acceptors (Lipinski definition) is 5. The Balaban J connectivity index is 2.25. The summed E-state index contributed by atoms with van der Waals surface area (Å²) < 4.78 is 7.29. The van der Waals surface area contributed by atoms with E-state index in [4.69, 9.17) is 27.9 Å². The number of carboxylic acids is 1. The summed E-state index contributed by atoms with van der Waals surface area (Å²) in [5, 5.41) is 10.2. The Morgan fingerprint density at radius 3 is 2.47 bits per heavy atom. The molecule has 0 fully saturated rings. The molecule has 2 heterocycles. The van der Waals surface area contributed by atoms with Gasteiger partial charge >= 0.3 is 5.97 Å². The number of carbonyl (C=O) groups is 2. The van der Waals surface area contributed by atoms with Crippen molar-refractivity contribution in [2.24, 2.45) is 0 Å². The summed E-state index contributed by atoms with van der Waals surface area (Å²) in [7, 11) is 0. The minimum atomic E-state index is -1.38. The highest BCUT2D eigenvalue weighted by Gasteiger charge is 2.23. The van der Waals surface area contributed by atoms with Gasteiger partial charge in [-0.15, -0.1) is 0 Å². The Morgan fingerprint density at radius 2 is 1.87 bits per heavy atom. The summed E-state index contributed by atoms with van der Waals surface area (Å²) >= 11 is 12.1. The lowest BCUT2D eigenvalue weighted by molar-refractivity contribution is 0.0695. The van der Waals surface area contributed by atoms with E-state index in [1.165, 1.54) is 35.8 Å². The largest absolute Gasteiger partial charge is 0.477 e. The number of carbonyl (C=O) groups excluding carboxylic acids is 1. The Labute approximate surface area is 181 Å². The van der Waals surface area contributed by atoms with E-state index in [1.807, 2.05) is 0 Å². The second kappa shape index (κ2) is 8.69. The number of halogens is 2. The van der Waals surface area contributed by atoms with E-state index in [0.717, 1.165) is 6.07 Å². The number of ketones is 1. The molecule has 0 unspecified atom stereocenters. The van der Waals surface area contributed by atoms with Crippen LogP contribution in [0.5, 0.6) is 11.8 Å². The lowest BCUT2D eigenvalue weighted by Crippen LogP contribution is -2.21. The number of ether oxygens (including phenoxy) is 1. The SMILES string of the molecule is CCn1c(Oc2cccc(C(C)=O)n2)cc(=O)c(C(=O)O)c1-c1ccc(Cl)c(Cl)c1. The first kappa shape index (κ1) is 21.5. The van der Waals surface area contributed by atoms with Crippen LogP contribution in [0, 0.1) is 0 Å². The molecule has 1 aromatic carbocycles. The van der Waals surface area contributed by atoms with Gasteiger partial charge in [0, 0.05) is 31.2 Å². The Morgan fingerprint density at radius 1 is 1.13 bits per heavy atom. The number of benzene rings is 1. The maximum Gasteiger partial charge on any atom is 0.341 e. The van der Waals surface area contributed by atoms with Crippen LogP contribution in [0.2, 0.25) is 10.0 Å². The van der Waals surface area contributed by atoms with Crippen LogP contribution < -0.4 is 10.2 Å². The molecule has 9 heteroatoms. The highest BCUT2D eigenvalue weighted by molar-refractivity contribution is 6.42. The number of pyridine rings is 2. The zero-order valence-corrected chi connectivity index (χ0v) is 17.5. The molecule has 7 nitrogen and oxygen atoms in total. The van der Waals surface area contributed by atoms with Crippen LogP contribution in [0.3, 0.4) is 0 Å². The second-order valence-corrected chi connectivity index (χ2v) is 7.08. The fourth-order valence-electron chi connectivity index (χ4n) is 2.95. The molecule has 3 rings (SSSR count). The van der Waals surface area contributed by atoms with Crippen molar-refractivity contribution in [2.45, 2.75) is 20.4 Å². The van der Waals surface area contributed by atoms with Crippen LogP contribution in [0.25, 0.3) is 11.3 Å². The summed E-state index contributed by atoms with van der Waals surface area (Å²) in [6, 6.07) is 10.3. The normalized spacial score (nSPS) is 10.7.